The molecule has 104 valence electrons. The number of carbonyl (C=O) groups is 1. The minimum atomic E-state index is -0.937. The van der Waals surface area contributed by atoms with E-state index in [1.807, 2.05) is 6.26 Å². The number of nitrogens with one attached hydrogen (secondary N) is 1. The highest BCUT2D eigenvalue weighted by Crippen LogP contribution is 2.17. The van der Waals surface area contributed by atoms with Crippen molar-refractivity contribution in [2.24, 2.45) is 0 Å². The predicted molar refractivity (Wildman–Crippen MR) is 74.4 cm³/mol. The van der Waals surface area contributed by atoms with Crippen molar-refractivity contribution in [2.45, 2.75) is 19.0 Å². The van der Waals surface area contributed by atoms with Crippen LogP contribution in [0.25, 0.3) is 0 Å². The lowest BCUT2D eigenvalue weighted by atomic mass is 10.1. The maximum Gasteiger partial charge on any atom is 0.320 e. The highest BCUT2D eigenvalue weighted by molar-refractivity contribution is 7.98. The Kier molecular flexibility index (Phi) is 6.31. The lowest BCUT2D eigenvalue weighted by molar-refractivity contribution is -0.385. The van der Waals surface area contributed by atoms with Crippen LogP contribution in [0.1, 0.15) is 12.0 Å². The van der Waals surface area contributed by atoms with E-state index in [1.54, 1.807) is 30.0 Å². The third-order valence-electron chi connectivity index (χ3n) is 2.64. The zero-order chi connectivity index (χ0) is 14.3. The summed E-state index contributed by atoms with van der Waals surface area (Å²) >= 11 is 1.57. The minimum Gasteiger partial charge on any atom is -0.480 e. The van der Waals surface area contributed by atoms with Gasteiger partial charge in [0.05, 0.1) is 4.92 Å². The molecule has 1 unspecified atom stereocenters. The second-order valence-corrected chi connectivity index (χ2v) is 4.92. The highest BCUT2D eigenvalue weighted by atomic mass is 32.2. The maximum atomic E-state index is 11.0. The van der Waals surface area contributed by atoms with Crippen LogP contribution in [0, 0.1) is 10.1 Å². The summed E-state index contributed by atoms with van der Waals surface area (Å²) in [6, 6.07) is 5.63. The molecular weight excluding hydrogens is 268 g/mol. The second kappa shape index (κ2) is 7.75. The van der Waals surface area contributed by atoms with Crippen LogP contribution in [-0.4, -0.2) is 34.0 Å². The molecule has 1 aromatic rings. The molecule has 0 aliphatic rings. The van der Waals surface area contributed by atoms with Crippen molar-refractivity contribution in [3.8, 4) is 0 Å². The second-order valence-electron chi connectivity index (χ2n) is 3.94. The average Bonchev–Trinajstić information content (AvgIpc) is 2.38. The third kappa shape index (κ3) is 4.88. The van der Waals surface area contributed by atoms with Gasteiger partial charge in [0.2, 0.25) is 0 Å². The minimum absolute atomic E-state index is 0.00371. The van der Waals surface area contributed by atoms with Gasteiger partial charge in [-0.3, -0.25) is 14.9 Å². The first-order valence-electron chi connectivity index (χ1n) is 5.73. The van der Waals surface area contributed by atoms with Gasteiger partial charge in [-0.15, -0.1) is 0 Å². The van der Waals surface area contributed by atoms with Crippen LogP contribution in [0.4, 0.5) is 5.69 Å². The number of hydrogen-bond acceptors (Lipinski definition) is 5. The fourth-order valence-corrected chi connectivity index (χ4v) is 2.09. The number of nitro benzene ring substituents is 1. The summed E-state index contributed by atoms with van der Waals surface area (Å²) in [6.45, 7) is 0.169. The summed E-state index contributed by atoms with van der Waals surface area (Å²) in [6.07, 6.45) is 2.39. The summed E-state index contributed by atoms with van der Waals surface area (Å²) in [5, 5.41) is 22.7. The number of thioether (sulfide) groups is 1. The summed E-state index contributed by atoms with van der Waals surface area (Å²) in [4.78, 5) is 21.4. The molecule has 0 saturated heterocycles. The van der Waals surface area contributed by atoms with Gasteiger partial charge in [-0.25, -0.2) is 0 Å². The Morgan fingerprint density at radius 2 is 2.21 bits per heavy atom. The normalized spacial score (nSPS) is 12.1. The van der Waals surface area contributed by atoms with Gasteiger partial charge in [-0.1, -0.05) is 18.2 Å². The van der Waals surface area contributed by atoms with Crippen LogP contribution in [0.5, 0.6) is 0 Å². The van der Waals surface area contributed by atoms with Gasteiger partial charge in [-0.05, 0) is 18.4 Å². The van der Waals surface area contributed by atoms with Crippen molar-refractivity contribution in [3.63, 3.8) is 0 Å². The predicted octanol–water partition coefficient (Wildman–Crippen LogP) is 1.89. The summed E-state index contributed by atoms with van der Waals surface area (Å²) < 4.78 is 0. The van der Waals surface area contributed by atoms with Crippen molar-refractivity contribution in [1.29, 1.82) is 0 Å². The van der Waals surface area contributed by atoms with Gasteiger partial charge < -0.3 is 10.4 Å². The maximum absolute atomic E-state index is 11.0. The fraction of sp³-hybridized carbons (Fsp3) is 0.417. The topological polar surface area (TPSA) is 92.5 Å². The molecule has 6 nitrogen and oxygen atoms in total. The van der Waals surface area contributed by atoms with E-state index < -0.39 is 16.9 Å². The van der Waals surface area contributed by atoms with Crippen LogP contribution in [0.3, 0.4) is 0 Å². The number of nitro groups is 1. The molecule has 0 spiro atoms. The van der Waals surface area contributed by atoms with Crippen LogP contribution in [-0.2, 0) is 11.3 Å². The fourth-order valence-electron chi connectivity index (χ4n) is 1.62. The molecule has 0 heterocycles. The largest absolute Gasteiger partial charge is 0.480 e. The molecule has 1 aromatic carbocycles. The Hall–Kier alpha value is -1.60. The van der Waals surface area contributed by atoms with E-state index in [4.69, 9.17) is 5.11 Å². The lowest BCUT2D eigenvalue weighted by Gasteiger charge is -2.13. The quantitative estimate of drug-likeness (QED) is 0.559. The molecule has 2 N–H and O–H groups in total. The molecule has 1 rings (SSSR count). The van der Waals surface area contributed by atoms with Gasteiger partial charge in [0.15, 0.2) is 0 Å². The molecule has 0 saturated carbocycles. The Morgan fingerprint density at radius 1 is 1.53 bits per heavy atom. The average molecular weight is 284 g/mol. The van der Waals surface area contributed by atoms with E-state index in [9.17, 15) is 14.9 Å². The Labute approximate surface area is 115 Å². The van der Waals surface area contributed by atoms with Gasteiger partial charge in [-0.2, -0.15) is 11.8 Å². The molecule has 0 fully saturated rings. The Bertz CT molecular complexity index is 453. The summed E-state index contributed by atoms with van der Waals surface area (Å²) in [5.41, 5.74) is 0.493. The van der Waals surface area contributed by atoms with Crippen molar-refractivity contribution in [2.75, 3.05) is 12.0 Å². The third-order valence-corrected chi connectivity index (χ3v) is 3.28. The van der Waals surface area contributed by atoms with Crippen molar-refractivity contribution in [3.05, 3.63) is 39.9 Å². The van der Waals surface area contributed by atoms with Gasteiger partial charge in [0.1, 0.15) is 6.04 Å². The first kappa shape index (κ1) is 15.5. The van der Waals surface area contributed by atoms with Crippen LogP contribution in [0.15, 0.2) is 24.3 Å². The Balaban J connectivity index is 2.68. The highest BCUT2D eigenvalue weighted by Gasteiger charge is 2.18. The van der Waals surface area contributed by atoms with E-state index in [0.717, 1.165) is 5.75 Å². The number of nitrogens with zero attached hydrogens (tertiary/aromatic N) is 1. The molecule has 0 aromatic heterocycles. The summed E-state index contributed by atoms with van der Waals surface area (Å²) in [5.74, 6) is -0.214. The smallest absolute Gasteiger partial charge is 0.320 e. The first-order valence-corrected chi connectivity index (χ1v) is 7.13. The number of hydrogen-bond donors (Lipinski definition) is 2. The van der Waals surface area contributed by atoms with Crippen molar-refractivity contribution in [1.82, 2.24) is 5.32 Å². The number of carboxylic acid groups (broad SMARTS) is 1. The molecule has 7 heteroatoms. The number of benzene rings is 1. The van der Waals surface area contributed by atoms with Crippen molar-refractivity contribution < 1.29 is 14.8 Å². The van der Waals surface area contributed by atoms with Crippen LogP contribution >= 0.6 is 11.8 Å². The number of carboxylic acids is 1. The van der Waals surface area contributed by atoms with E-state index >= 15 is 0 Å². The van der Waals surface area contributed by atoms with E-state index in [-0.39, 0.29) is 12.2 Å². The molecule has 19 heavy (non-hydrogen) atoms. The van der Waals surface area contributed by atoms with E-state index in [0.29, 0.717) is 12.0 Å². The molecular formula is C12H16N2O4S. The van der Waals surface area contributed by atoms with Gasteiger partial charge in [0.25, 0.3) is 5.69 Å². The summed E-state index contributed by atoms with van der Waals surface area (Å²) in [7, 11) is 0. The number of rotatable bonds is 8. The monoisotopic (exact) mass is 284 g/mol. The molecule has 0 radical (unpaired) electrons. The van der Waals surface area contributed by atoms with Crippen LogP contribution in [0.2, 0.25) is 0 Å². The number of para-hydroxylation sites is 1. The lowest BCUT2D eigenvalue weighted by Crippen LogP contribution is -2.36. The standard InChI is InChI=1S/C12H16N2O4S/c1-19-7-6-10(12(15)16)13-8-9-4-2-3-5-11(9)14(17)18/h2-5,10,13H,6-8H2,1H3,(H,15,16). The molecule has 0 aliphatic heterocycles. The zero-order valence-electron chi connectivity index (χ0n) is 10.5. The van der Waals surface area contributed by atoms with Gasteiger partial charge in [0, 0.05) is 18.2 Å². The zero-order valence-corrected chi connectivity index (χ0v) is 11.4. The molecule has 1 atom stereocenters. The first-order chi connectivity index (χ1) is 9.06. The van der Waals surface area contributed by atoms with Gasteiger partial charge >= 0.3 is 5.97 Å². The number of aliphatic carboxylic acids is 1. The Morgan fingerprint density at radius 3 is 2.79 bits per heavy atom. The van der Waals surface area contributed by atoms with Crippen molar-refractivity contribution >= 4 is 23.4 Å². The molecule has 0 bridgehead atoms. The molecule has 0 amide bonds. The van der Waals surface area contributed by atoms with Crippen LogP contribution < -0.4 is 5.32 Å². The van der Waals surface area contributed by atoms with E-state index in [1.165, 1.54) is 6.07 Å². The SMILES string of the molecule is CSCCC(NCc1ccccc1[N+](=O)[O-])C(=O)O. The van der Waals surface area contributed by atoms with E-state index in [2.05, 4.69) is 5.32 Å². The molecule has 0 aliphatic carbocycles.